The minimum absolute atomic E-state index is 0.0286. The van der Waals surface area contributed by atoms with Crippen LogP contribution in [0.4, 0.5) is 5.69 Å². The first kappa shape index (κ1) is 19.9. The van der Waals surface area contributed by atoms with E-state index in [4.69, 9.17) is 4.74 Å². The van der Waals surface area contributed by atoms with Crippen LogP contribution in [0.1, 0.15) is 19.8 Å². The zero-order chi connectivity index (χ0) is 19.8. The van der Waals surface area contributed by atoms with Gasteiger partial charge < -0.3 is 10.1 Å². The number of anilines is 1. The molecule has 1 N–H and O–H groups in total. The fourth-order valence-corrected chi connectivity index (χ4v) is 2.91. The number of nitrogens with zero attached hydrogens (tertiary/aromatic N) is 4. The molecule has 0 saturated heterocycles. The van der Waals surface area contributed by atoms with Crippen LogP contribution in [-0.2, 0) is 11.3 Å². The van der Waals surface area contributed by atoms with Crippen molar-refractivity contribution in [3.8, 4) is 17.1 Å². The lowest BCUT2D eigenvalue weighted by molar-refractivity contribution is -0.117. The van der Waals surface area contributed by atoms with E-state index in [1.165, 1.54) is 4.80 Å². The number of hydrogen-bond donors (Lipinski definition) is 1. The van der Waals surface area contributed by atoms with E-state index in [2.05, 4.69) is 27.7 Å². The van der Waals surface area contributed by atoms with Gasteiger partial charge in [-0.25, -0.2) is 0 Å². The molecular weight excluding hydrogens is 374 g/mol. The first-order valence-corrected chi connectivity index (χ1v) is 10.4. The molecule has 0 aliphatic heterocycles. The van der Waals surface area contributed by atoms with Crippen LogP contribution in [0, 0.1) is 0 Å². The minimum Gasteiger partial charge on any atom is -0.491 e. The van der Waals surface area contributed by atoms with Crippen molar-refractivity contribution in [1.29, 1.82) is 0 Å². The van der Waals surface area contributed by atoms with Crippen molar-refractivity contribution in [3.63, 3.8) is 0 Å². The molecule has 8 heteroatoms. The molecule has 0 bridgehead atoms. The summed E-state index contributed by atoms with van der Waals surface area (Å²) in [6.07, 6.45) is 4.04. The lowest BCUT2D eigenvalue weighted by atomic mass is 10.2. The number of unbranched alkanes of at least 4 members (excludes halogenated alkanes) is 1. The number of carbonyl (C=O) groups is 1. The highest BCUT2D eigenvalue weighted by molar-refractivity contribution is 7.98. The van der Waals surface area contributed by atoms with Gasteiger partial charge >= 0.3 is 0 Å². The number of thioether (sulfide) groups is 1. The van der Waals surface area contributed by atoms with Gasteiger partial charge in [0.05, 0.1) is 12.3 Å². The van der Waals surface area contributed by atoms with Gasteiger partial charge in [0.25, 0.3) is 0 Å². The molecule has 0 atom stereocenters. The standard InChI is InChI=1S/C20H23N5O2S/c1-3-4-13-27-18-8-6-5-7-17(18)21-19(26)14-25-23-20(22-24-25)15-9-11-16(28-2)12-10-15/h5-12H,3-4,13-14H2,1-2H3,(H,21,26). The summed E-state index contributed by atoms with van der Waals surface area (Å²) < 4.78 is 5.74. The Labute approximate surface area is 168 Å². The van der Waals surface area contributed by atoms with Crippen LogP contribution >= 0.6 is 11.8 Å². The second kappa shape index (κ2) is 9.89. The lowest BCUT2D eigenvalue weighted by Crippen LogP contribution is -2.21. The molecule has 0 saturated carbocycles. The van der Waals surface area contributed by atoms with Crippen molar-refractivity contribution in [1.82, 2.24) is 20.2 Å². The van der Waals surface area contributed by atoms with E-state index in [0.717, 1.165) is 23.3 Å². The zero-order valence-corrected chi connectivity index (χ0v) is 16.8. The van der Waals surface area contributed by atoms with Crippen LogP contribution in [-0.4, -0.2) is 39.0 Å². The molecule has 3 aromatic rings. The maximum Gasteiger partial charge on any atom is 0.248 e. The summed E-state index contributed by atoms with van der Waals surface area (Å²) in [6.45, 7) is 2.69. The van der Waals surface area contributed by atoms with E-state index in [1.807, 2.05) is 54.8 Å². The van der Waals surface area contributed by atoms with Crippen LogP contribution < -0.4 is 10.1 Å². The molecule has 3 rings (SSSR count). The molecule has 1 amide bonds. The lowest BCUT2D eigenvalue weighted by Gasteiger charge is -2.11. The molecule has 1 aromatic heterocycles. The average Bonchev–Trinajstić information content (AvgIpc) is 3.18. The molecule has 28 heavy (non-hydrogen) atoms. The Morgan fingerprint density at radius 2 is 1.96 bits per heavy atom. The summed E-state index contributed by atoms with van der Waals surface area (Å²) in [5, 5.41) is 15.2. The third kappa shape index (κ3) is 5.32. The summed E-state index contributed by atoms with van der Waals surface area (Å²) in [6, 6.07) is 15.3. The Morgan fingerprint density at radius 1 is 1.18 bits per heavy atom. The van der Waals surface area contributed by atoms with Crippen LogP contribution in [0.15, 0.2) is 53.4 Å². The topological polar surface area (TPSA) is 81.9 Å². The van der Waals surface area contributed by atoms with Gasteiger partial charge in [-0.2, -0.15) is 4.80 Å². The van der Waals surface area contributed by atoms with Gasteiger partial charge in [-0.1, -0.05) is 25.5 Å². The van der Waals surface area contributed by atoms with E-state index < -0.39 is 0 Å². The SMILES string of the molecule is CCCCOc1ccccc1NC(=O)Cn1nnc(-c2ccc(SC)cc2)n1. The van der Waals surface area contributed by atoms with Gasteiger partial charge in [0.1, 0.15) is 12.3 Å². The number of nitrogens with one attached hydrogen (secondary N) is 1. The highest BCUT2D eigenvalue weighted by Gasteiger charge is 2.12. The first-order chi connectivity index (χ1) is 13.7. The molecule has 0 spiro atoms. The maximum atomic E-state index is 12.4. The summed E-state index contributed by atoms with van der Waals surface area (Å²) in [7, 11) is 0. The molecule has 0 unspecified atom stereocenters. The van der Waals surface area contributed by atoms with E-state index >= 15 is 0 Å². The van der Waals surface area contributed by atoms with Gasteiger partial charge in [0.2, 0.25) is 11.7 Å². The number of amides is 1. The zero-order valence-electron chi connectivity index (χ0n) is 16.0. The summed E-state index contributed by atoms with van der Waals surface area (Å²) >= 11 is 1.67. The van der Waals surface area contributed by atoms with E-state index in [-0.39, 0.29) is 12.5 Å². The second-order valence-electron chi connectivity index (χ2n) is 6.12. The number of carbonyl (C=O) groups excluding carboxylic acids is 1. The fourth-order valence-electron chi connectivity index (χ4n) is 2.51. The molecule has 2 aromatic carbocycles. The second-order valence-corrected chi connectivity index (χ2v) is 7.00. The molecule has 0 aliphatic carbocycles. The number of ether oxygens (including phenoxy) is 1. The van der Waals surface area contributed by atoms with Crippen LogP contribution in [0.2, 0.25) is 0 Å². The van der Waals surface area contributed by atoms with Crippen molar-refractivity contribution in [3.05, 3.63) is 48.5 Å². The Balaban J connectivity index is 1.62. The molecular formula is C20H23N5O2S. The molecule has 0 aliphatic rings. The van der Waals surface area contributed by atoms with Crippen LogP contribution in [0.3, 0.4) is 0 Å². The monoisotopic (exact) mass is 397 g/mol. The number of rotatable bonds is 9. The molecule has 0 radical (unpaired) electrons. The van der Waals surface area contributed by atoms with E-state index in [9.17, 15) is 4.79 Å². The normalized spacial score (nSPS) is 10.6. The van der Waals surface area contributed by atoms with Crippen molar-refractivity contribution in [2.75, 3.05) is 18.2 Å². The Kier molecular flexibility index (Phi) is 7.02. The molecule has 0 fully saturated rings. The largest absolute Gasteiger partial charge is 0.491 e. The predicted molar refractivity (Wildman–Crippen MR) is 111 cm³/mol. The van der Waals surface area contributed by atoms with Crippen LogP contribution in [0.5, 0.6) is 5.75 Å². The van der Waals surface area contributed by atoms with Crippen molar-refractivity contribution >= 4 is 23.4 Å². The molecule has 146 valence electrons. The van der Waals surface area contributed by atoms with Crippen LogP contribution in [0.25, 0.3) is 11.4 Å². The smallest absolute Gasteiger partial charge is 0.248 e. The quantitative estimate of drug-likeness (QED) is 0.436. The number of tetrazole rings is 1. The van der Waals surface area contributed by atoms with Gasteiger partial charge in [0, 0.05) is 10.5 Å². The maximum absolute atomic E-state index is 12.4. The van der Waals surface area contributed by atoms with E-state index in [0.29, 0.717) is 23.9 Å². The van der Waals surface area contributed by atoms with Crippen molar-refractivity contribution < 1.29 is 9.53 Å². The summed E-state index contributed by atoms with van der Waals surface area (Å²) in [5.41, 5.74) is 1.50. The number of hydrogen-bond acceptors (Lipinski definition) is 6. The first-order valence-electron chi connectivity index (χ1n) is 9.13. The van der Waals surface area contributed by atoms with Gasteiger partial charge in [0.15, 0.2) is 0 Å². The number of para-hydroxylation sites is 2. The summed E-state index contributed by atoms with van der Waals surface area (Å²) in [4.78, 5) is 14.8. The highest BCUT2D eigenvalue weighted by Crippen LogP contribution is 2.24. The summed E-state index contributed by atoms with van der Waals surface area (Å²) in [5.74, 6) is 0.905. The number of aromatic nitrogens is 4. The van der Waals surface area contributed by atoms with Gasteiger partial charge in [-0.15, -0.1) is 22.0 Å². The Morgan fingerprint density at radius 3 is 2.71 bits per heavy atom. The van der Waals surface area contributed by atoms with Gasteiger partial charge in [-0.05, 0) is 54.3 Å². The highest BCUT2D eigenvalue weighted by atomic mass is 32.2. The Hall–Kier alpha value is -2.87. The predicted octanol–water partition coefficient (Wildman–Crippen LogP) is 3.88. The van der Waals surface area contributed by atoms with Gasteiger partial charge in [-0.3, -0.25) is 4.79 Å². The molecule has 7 nitrogen and oxygen atoms in total. The van der Waals surface area contributed by atoms with E-state index in [1.54, 1.807) is 11.8 Å². The van der Waals surface area contributed by atoms with Crippen molar-refractivity contribution in [2.24, 2.45) is 0 Å². The third-order valence-corrected chi connectivity index (χ3v) is 4.75. The fraction of sp³-hybridized carbons (Fsp3) is 0.300. The Bertz CT molecular complexity index is 911. The molecule has 1 heterocycles. The van der Waals surface area contributed by atoms with Crippen molar-refractivity contribution in [2.45, 2.75) is 31.2 Å². The number of benzene rings is 2. The third-order valence-electron chi connectivity index (χ3n) is 4.00. The minimum atomic E-state index is -0.242. The average molecular weight is 398 g/mol.